The molecule has 0 aliphatic rings. The van der Waals surface area contributed by atoms with E-state index in [-0.39, 0.29) is 0 Å². The highest BCUT2D eigenvalue weighted by atomic mass is 16.6. The van der Waals surface area contributed by atoms with Crippen LogP contribution in [0, 0.1) is 10.1 Å². The largest absolute Gasteiger partial charge is 0.264 e. The number of hydrogen-bond donors (Lipinski definition) is 0. The van der Waals surface area contributed by atoms with Crippen molar-refractivity contribution in [1.82, 2.24) is 0 Å². The predicted molar refractivity (Wildman–Crippen MR) is 22.1 cm³/mol. The van der Waals surface area contributed by atoms with Crippen LogP contribution in [0.2, 0.25) is 0 Å². The molecule has 3 nitrogen and oxygen atoms in total. The summed E-state index contributed by atoms with van der Waals surface area (Å²) in [5.74, 6) is 0. The maximum Gasteiger partial charge on any atom is 0.207 e. The summed E-state index contributed by atoms with van der Waals surface area (Å²) in [6, 6.07) is -2.50. The summed E-state index contributed by atoms with van der Waals surface area (Å²) in [5.41, 5.74) is 0. The quantitative estimate of drug-likeness (QED) is 0.355. The van der Waals surface area contributed by atoms with E-state index in [9.17, 15) is 10.1 Å². The molecule has 0 heterocycles. The molecular formula is C3H7NO2. The summed E-state index contributed by atoms with van der Waals surface area (Å²) in [6.07, 6.45) is 0. The van der Waals surface area contributed by atoms with E-state index in [1.54, 1.807) is 0 Å². The molecule has 0 saturated carbocycles. The van der Waals surface area contributed by atoms with E-state index in [1.165, 1.54) is 0 Å². The van der Waals surface area contributed by atoms with Crippen LogP contribution in [0.5, 0.6) is 0 Å². The van der Waals surface area contributed by atoms with Crippen LogP contribution < -0.4 is 0 Å². The van der Waals surface area contributed by atoms with Gasteiger partial charge in [0.25, 0.3) is 0 Å². The molecule has 0 unspecified atom stereocenters. The first-order chi connectivity index (χ1) is 5.07. The van der Waals surface area contributed by atoms with Gasteiger partial charge in [-0.1, -0.05) is 0 Å². The Balaban J connectivity index is 4.82. The third-order valence-electron chi connectivity index (χ3n) is 0.211. The maximum atomic E-state index is 10.1. The van der Waals surface area contributed by atoms with Crippen molar-refractivity contribution in [3.05, 3.63) is 10.1 Å². The lowest BCUT2D eigenvalue weighted by Crippen LogP contribution is -2.08. The molecule has 0 aliphatic carbocycles. The van der Waals surface area contributed by atoms with E-state index in [1.807, 2.05) is 0 Å². The van der Waals surface area contributed by atoms with Gasteiger partial charge >= 0.3 is 0 Å². The van der Waals surface area contributed by atoms with Gasteiger partial charge in [-0.2, -0.15) is 0 Å². The fraction of sp³-hybridized carbons (Fsp3) is 1.00. The first-order valence-electron chi connectivity index (χ1n) is 4.20. The van der Waals surface area contributed by atoms with Gasteiger partial charge in [-0.15, -0.1) is 0 Å². The Labute approximate surface area is 44.6 Å². The molecule has 0 spiro atoms. The molecule has 0 aromatic carbocycles. The highest BCUT2D eigenvalue weighted by Crippen LogP contribution is 1.79. The number of nitro groups is 1. The first-order valence-corrected chi connectivity index (χ1v) is 1.20. The van der Waals surface area contributed by atoms with E-state index < -0.39 is 24.7 Å². The predicted octanol–water partition coefficient (Wildman–Crippen LogP) is 0.671. The Hall–Kier alpha value is -0.600. The van der Waals surface area contributed by atoms with Gasteiger partial charge < -0.3 is 0 Å². The summed E-state index contributed by atoms with van der Waals surface area (Å²) in [7, 11) is 0. The molecule has 0 aliphatic heterocycles. The third-order valence-corrected chi connectivity index (χ3v) is 0.211. The van der Waals surface area contributed by atoms with E-state index >= 15 is 0 Å². The molecular weight excluding hydrogens is 82.0 g/mol. The van der Waals surface area contributed by atoms with Crippen LogP contribution in [0.1, 0.15) is 21.9 Å². The van der Waals surface area contributed by atoms with E-state index in [0.717, 1.165) is 0 Å². The molecule has 6 heavy (non-hydrogen) atoms. The standard InChI is InChI=1S/C3H7NO2/c1-3(2)4(5)6/h3H,1-2H3/i1D3,2D3. The van der Waals surface area contributed by atoms with Crippen molar-refractivity contribution < 1.29 is 13.1 Å². The summed E-state index contributed by atoms with van der Waals surface area (Å²) < 4.78 is 39.6. The van der Waals surface area contributed by atoms with Gasteiger partial charge in [-0.25, -0.2) is 0 Å². The number of hydrogen-bond acceptors (Lipinski definition) is 2. The summed E-state index contributed by atoms with van der Waals surface area (Å²) >= 11 is 0. The third kappa shape index (κ3) is 1.69. The smallest absolute Gasteiger partial charge is 0.207 e. The normalized spacial score (nSPS) is 28.2. The fourth-order valence-corrected chi connectivity index (χ4v) is 0. The van der Waals surface area contributed by atoms with Gasteiger partial charge in [0.1, 0.15) is 0 Å². The molecule has 0 bridgehead atoms. The van der Waals surface area contributed by atoms with Crippen molar-refractivity contribution in [2.45, 2.75) is 19.7 Å². The molecule has 0 saturated heterocycles. The van der Waals surface area contributed by atoms with Crippen molar-refractivity contribution in [3.8, 4) is 0 Å². The molecule has 0 radical (unpaired) electrons. The molecule has 0 amide bonds. The molecule has 0 N–H and O–H groups in total. The van der Waals surface area contributed by atoms with Gasteiger partial charge in [0.05, 0.1) is 0 Å². The lowest BCUT2D eigenvalue weighted by molar-refractivity contribution is -0.513. The highest BCUT2D eigenvalue weighted by Gasteiger charge is 1.99. The lowest BCUT2D eigenvalue weighted by atomic mass is 10.4. The first kappa shape index (κ1) is 0.967. The molecule has 36 valence electrons. The Kier molecular flexibility index (Phi) is 0.281. The monoisotopic (exact) mass is 95.1 g/mol. The van der Waals surface area contributed by atoms with E-state index in [2.05, 4.69) is 0 Å². The average Bonchev–Trinajstić information content (AvgIpc) is 1.49. The molecule has 0 aromatic rings. The molecule has 0 aromatic heterocycles. The summed E-state index contributed by atoms with van der Waals surface area (Å²) in [5, 5.41) is 10.1. The van der Waals surface area contributed by atoms with Crippen LogP contribution in [-0.4, -0.2) is 11.0 Å². The van der Waals surface area contributed by atoms with Crippen molar-refractivity contribution in [2.24, 2.45) is 0 Å². The van der Waals surface area contributed by atoms with Crippen molar-refractivity contribution in [2.75, 3.05) is 0 Å². The number of nitrogens with zero attached hydrogens (tertiary/aromatic N) is 1. The molecule has 3 heteroatoms. The van der Waals surface area contributed by atoms with Crippen molar-refractivity contribution in [1.29, 1.82) is 0 Å². The highest BCUT2D eigenvalue weighted by molar-refractivity contribution is 4.28. The van der Waals surface area contributed by atoms with Crippen LogP contribution in [0.3, 0.4) is 0 Å². The Morgan fingerprint density at radius 3 is 2.50 bits per heavy atom. The van der Waals surface area contributed by atoms with Crippen LogP contribution in [0.15, 0.2) is 0 Å². The van der Waals surface area contributed by atoms with Crippen molar-refractivity contribution >= 4 is 0 Å². The lowest BCUT2D eigenvalue weighted by Gasteiger charge is -1.88. The zero-order chi connectivity index (χ0) is 10.2. The Morgan fingerprint density at radius 1 is 2.00 bits per heavy atom. The minimum Gasteiger partial charge on any atom is -0.264 e. The van der Waals surface area contributed by atoms with Crippen LogP contribution in [-0.2, 0) is 0 Å². The van der Waals surface area contributed by atoms with Crippen LogP contribution in [0.25, 0.3) is 0 Å². The molecule has 0 rings (SSSR count). The zero-order valence-corrected chi connectivity index (χ0v) is 2.84. The second-order valence-corrected chi connectivity index (χ2v) is 0.688. The van der Waals surface area contributed by atoms with E-state index in [0.29, 0.717) is 0 Å². The van der Waals surface area contributed by atoms with E-state index in [4.69, 9.17) is 8.22 Å². The SMILES string of the molecule is [2H]C([2H])([2H])C([N+](=O)[O-])C([2H])([2H])[2H]. The van der Waals surface area contributed by atoms with Crippen LogP contribution >= 0.6 is 0 Å². The second kappa shape index (κ2) is 1.74. The zero-order valence-electron chi connectivity index (χ0n) is 8.84. The van der Waals surface area contributed by atoms with Crippen LogP contribution in [0.4, 0.5) is 0 Å². The fourth-order valence-electron chi connectivity index (χ4n) is 0. The number of rotatable bonds is 1. The van der Waals surface area contributed by atoms with Gasteiger partial charge in [-0.05, 0) is 0 Å². The van der Waals surface area contributed by atoms with Gasteiger partial charge in [0.2, 0.25) is 6.04 Å². The Morgan fingerprint density at radius 2 is 2.50 bits per heavy atom. The summed E-state index contributed by atoms with van der Waals surface area (Å²) in [6.45, 7) is -6.18. The molecule has 0 fully saturated rings. The topological polar surface area (TPSA) is 43.1 Å². The minimum atomic E-state index is -3.09. The Bertz CT molecular complexity index is 168. The average molecular weight is 95.1 g/mol. The van der Waals surface area contributed by atoms with Crippen molar-refractivity contribution in [3.63, 3.8) is 0 Å². The maximum absolute atomic E-state index is 10.1. The minimum absolute atomic E-state index is 1.29. The molecule has 0 atom stereocenters. The second-order valence-electron chi connectivity index (χ2n) is 0.688. The van der Waals surface area contributed by atoms with Gasteiger partial charge in [0.15, 0.2) is 0 Å². The summed E-state index contributed by atoms with van der Waals surface area (Å²) in [4.78, 5) is 8.79. The van der Waals surface area contributed by atoms with Gasteiger partial charge in [-0.3, -0.25) is 10.1 Å². The van der Waals surface area contributed by atoms with Gasteiger partial charge in [0, 0.05) is 26.9 Å².